The molecule has 1 amide bonds. The predicted octanol–water partition coefficient (Wildman–Crippen LogP) is 2.89. The molecule has 0 unspecified atom stereocenters. The monoisotopic (exact) mass is 366 g/mol. The minimum Gasteiger partial charge on any atom is -0.383 e. The van der Waals surface area contributed by atoms with Crippen LogP contribution in [0.25, 0.3) is 22.4 Å². The minimum atomic E-state index is -0.301. The van der Waals surface area contributed by atoms with Crippen LogP contribution in [0.5, 0.6) is 0 Å². The standard InChI is InChI=1S/C20H19FN4O2/c1-24-11-16(19(23-24)13-3-5-14(21)6-4-13)15-7-8-22-17-12-25(9-10-27-2)20(26)18(15)17/h3-8,11H,9-10,12H2,1-2H3. The van der Waals surface area contributed by atoms with Gasteiger partial charge in [0.15, 0.2) is 0 Å². The third-order valence-electron chi connectivity index (χ3n) is 4.67. The average molecular weight is 366 g/mol. The van der Waals surface area contributed by atoms with E-state index in [1.54, 1.807) is 35.0 Å². The highest BCUT2D eigenvalue weighted by atomic mass is 19.1. The molecule has 0 N–H and O–H groups in total. The molecule has 1 aromatic carbocycles. The fourth-order valence-electron chi connectivity index (χ4n) is 3.39. The molecule has 7 heteroatoms. The molecule has 3 heterocycles. The van der Waals surface area contributed by atoms with E-state index in [1.807, 2.05) is 19.3 Å². The van der Waals surface area contributed by atoms with Crippen molar-refractivity contribution in [3.63, 3.8) is 0 Å². The molecule has 0 fully saturated rings. The summed E-state index contributed by atoms with van der Waals surface area (Å²) in [5.41, 5.74) is 4.46. The van der Waals surface area contributed by atoms with E-state index in [4.69, 9.17) is 4.74 Å². The zero-order chi connectivity index (χ0) is 19.0. The van der Waals surface area contributed by atoms with Gasteiger partial charge in [0.2, 0.25) is 0 Å². The first-order chi connectivity index (χ1) is 13.1. The Morgan fingerprint density at radius 1 is 1.19 bits per heavy atom. The van der Waals surface area contributed by atoms with Crippen LogP contribution in [0.2, 0.25) is 0 Å². The summed E-state index contributed by atoms with van der Waals surface area (Å²) in [5.74, 6) is -0.357. The molecule has 0 saturated heterocycles. The topological polar surface area (TPSA) is 60.2 Å². The highest BCUT2D eigenvalue weighted by Gasteiger charge is 2.32. The third-order valence-corrected chi connectivity index (χ3v) is 4.67. The van der Waals surface area contributed by atoms with Crippen molar-refractivity contribution in [3.8, 4) is 22.4 Å². The van der Waals surface area contributed by atoms with Gasteiger partial charge in [0.05, 0.1) is 24.4 Å². The molecule has 0 aliphatic carbocycles. The van der Waals surface area contributed by atoms with E-state index < -0.39 is 0 Å². The van der Waals surface area contributed by atoms with Crippen molar-refractivity contribution in [2.45, 2.75) is 6.54 Å². The lowest BCUT2D eigenvalue weighted by atomic mass is 9.97. The second-order valence-electron chi connectivity index (χ2n) is 6.47. The number of pyridine rings is 1. The van der Waals surface area contributed by atoms with Crippen molar-refractivity contribution in [1.29, 1.82) is 0 Å². The van der Waals surface area contributed by atoms with E-state index in [-0.39, 0.29) is 11.7 Å². The Kier molecular flexibility index (Phi) is 4.45. The van der Waals surface area contributed by atoms with Crippen molar-refractivity contribution >= 4 is 5.91 Å². The summed E-state index contributed by atoms with van der Waals surface area (Å²) in [6, 6.07) is 8.02. The maximum Gasteiger partial charge on any atom is 0.256 e. The van der Waals surface area contributed by atoms with E-state index in [9.17, 15) is 9.18 Å². The van der Waals surface area contributed by atoms with Gasteiger partial charge >= 0.3 is 0 Å². The zero-order valence-corrected chi connectivity index (χ0v) is 15.1. The number of halogens is 1. The van der Waals surface area contributed by atoms with Gasteiger partial charge in [-0.2, -0.15) is 5.10 Å². The van der Waals surface area contributed by atoms with Crippen molar-refractivity contribution in [2.75, 3.05) is 20.3 Å². The molecule has 138 valence electrons. The van der Waals surface area contributed by atoms with E-state index >= 15 is 0 Å². The lowest BCUT2D eigenvalue weighted by Gasteiger charge is -2.14. The second kappa shape index (κ2) is 6.92. The molecule has 2 aromatic heterocycles. The lowest BCUT2D eigenvalue weighted by Crippen LogP contribution is -2.27. The van der Waals surface area contributed by atoms with Crippen LogP contribution in [0.4, 0.5) is 4.39 Å². The number of amides is 1. The molecule has 1 aliphatic heterocycles. The summed E-state index contributed by atoms with van der Waals surface area (Å²) in [6.07, 6.45) is 3.59. The van der Waals surface area contributed by atoms with Crippen LogP contribution in [0.3, 0.4) is 0 Å². The number of rotatable bonds is 5. The van der Waals surface area contributed by atoms with Crippen molar-refractivity contribution in [2.24, 2.45) is 7.05 Å². The Labute approximate surface area is 156 Å². The number of nitrogens with zero attached hydrogens (tertiary/aromatic N) is 4. The molecular formula is C20H19FN4O2. The van der Waals surface area contributed by atoms with Gasteiger partial charge in [-0.3, -0.25) is 14.5 Å². The number of carbonyl (C=O) groups is 1. The molecule has 0 spiro atoms. The molecule has 0 saturated carbocycles. The van der Waals surface area contributed by atoms with Gasteiger partial charge < -0.3 is 9.64 Å². The van der Waals surface area contributed by atoms with Crippen molar-refractivity contribution < 1.29 is 13.9 Å². The number of hydrogen-bond acceptors (Lipinski definition) is 4. The van der Waals surface area contributed by atoms with E-state index in [0.717, 1.165) is 22.4 Å². The summed E-state index contributed by atoms with van der Waals surface area (Å²) in [4.78, 5) is 19.1. The quantitative estimate of drug-likeness (QED) is 0.697. The van der Waals surface area contributed by atoms with Crippen LogP contribution in [-0.2, 0) is 18.3 Å². The summed E-state index contributed by atoms with van der Waals surface area (Å²) in [6.45, 7) is 1.46. The van der Waals surface area contributed by atoms with Crippen molar-refractivity contribution in [3.05, 3.63) is 59.8 Å². The number of ether oxygens (including phenoxy) is 1. The van der Waals surface area contributed by atoms with Crippen molar-refractivity contribution in [1.82, 2.24) is 19.7 Å². The number of benzene rings is 1. The van der Waals surface area contributed by atoms with Gasteiger partial charge in [-0.15, -0.1) is 0 Å². The highest BCUT2D eigenvalue weighted by Crippen LogP contribution is 2.36. The fourth-order valence-corrected chi connectivity index (χ4v) is 3.39. The van der Waals surface area contributed by atoms with Gasteiger partial charge in [-0.05, 0) is 30.3 Å². The fraction of sp³-hybridized carbons (Fsp3) is 0.250. The summed E-state index contributed by atoms with van der Waals surface area (Å²) in [5, 5.41) is 4.53. The number of aryl methyl sites for hydroxylation is 1. The van der Waals surface area contributed by atoms with Gasteiger partial charge in [-0.1, -0.05) is 0 Å². The molecular weight excluding hydrogens is 347 g/mol. The van der Waals surface area contributed by atoms with Gasteiger partial charge in [-0.25, -0.2) is 4.39 Å². The van der Waals surface area contributed by atoms with E-state index in [0.29, 0.717) is 31.0 Å². The second-order valence-corrected chi connectivity index (χ2v) is 6.47. The van der Waals surface area contributed by atoms with Crippen LogP contribution in [0, 0.1) is 5.82 Å². The molecule has 27 heavy (non-hydrogen) atoms. The molecule has 1 aliphatic rings. The highest BCUT2D eigenvalue weighted by molar-refractivity contribution is 6.05. The molecule has 0 bridgehead atoms. The average Bonchev–Trinajstić information content (AvgIpc) is 3.21. The minimum absolute atomic E-state index is 0.0564. The number of aromatic nitrogens is 3. The Morgan fingerprint density at radius 2 is 1.96 bits per heavy atom. The van der Waals surface area contributed by atoms with Gasteiger partial charge in [0.1, 0.15) is 11.5 Å². The number of fused-ring (bicyclic) bond motifs is 1. The SMILES string of the molecule is COCCN1Cc2nccc(-c3cn(C)nc3-c3ccc(F)cc3)c2C1=O. The molecule has 0 atom stereocenters. The molecule has 3 aromatic rings. The Morgan fingerprint density at radius 3 is 2.70 bits per heavy atom. The Bertz CT molecular complexity index is 998. The maximum absolute atomic E-state index is 13.3. The van der Waals surface area contributed by atoms with Crippen LogP contribution < -0.4 is 0 Å². The Balaban J connectivity index is 1.80. The van der Waals surface area contributed by atoms with E-state index in [2.05, 4.69) is 10.1 Å². The van der Waals surface area contributed by atoms with Crippen LogP contribution >= 0.6 is 0 Å². The number of methoxy groups -OCH3 is 1. The zero-order valence-electron chi connectivity index (χ0n) is 15.1. The summed E-state index contributed by atoms with van der Waals surface area (Å²) in [7, 11) is 3.44. The number of carbonyl (C=O) groups excluding carboxylic acids is 1. The summed E-state index contributed by atoms with van der Waals surface area (Å²) < 4.78 is 20.1. The molecule has 4 rings (SSSR count). The normalized spacial score (nSPS) is 13.3. The maximum atomic E-state index is 13.3. The first-order valence-electron chi connectivity index (χ1n) is 8.64. The molecule has 0 radical (unpaired) electrons. The smallest absolute Gasteiger partial charge is 0.256 e. The third kappa shape index (κ3) is 3.10. The van der Waals surface area contributed by atoms with Gasteiger partial charge in [0.25, 0.3) is 5.91 Å². The first kappa shape index (κ1) is 17.4. The Hall–Kier alpha value is -3.06. The summed E-state index contributed by atoms with van der Waals surface area (Å²) >= 11 is 0. The predicted molar refractivity (Wildman–Crippen MR) is 98.4 cm³/mol. The van der Waals surface area contributed by atoms with E-state index in [1.165, 1.54) is 12.1 Å². The largest absolute Gasteiger partial charge is 0.383 e. The van der Waals surface area contributed by atoms with Crippen LogP contribution in [0.15, 0.2) is 42.7 Å². The van der Waals surface area contributed by atoms with Crippen LogP contribution in [0.1, 0.15) is 16.1 Å². The van der Waals surface area contributed by atoms with Crippen LogP contribution in [-0.4, -0.2) is 45.8 Å². The number of hydrogen-bond donors (Lipinski definition) is 0. The van der Waals surface area contributed by atoms with Gasteiger partial charge in [0, 0.05) is 49.8 Å². The molecule has 6 nitrogen and oxygen atoms in total. The lowest BCUT2D eigenvalue weighted by molar-refractivity contribution is 0.0719. The first-order valence-corrected chi connectivity index (χ1v) is 8.64.